The number of fused-ring (bicyclic) bond motifs is 4. The van der Waals surface area contributed by atoms with Crippen molar-refractivity contribution in [1.82, 2.24) is 0 Å². The molecule has 0 aliphatic heterocycles. The molecule has 114 valence electrons. The van der Waals surface area contributed by atoms with Gasteiger partial charge in [-0.3, -0.25) is 0 Å². The Bertz CT molecular complexity index is 372. The van der Waals surface area contributed by atoms with Crippen molar-refractivity contribution in [3.63, 3.8) is 0 Å². The third kappa shape index (κ3) is 1.92. The van der Waals surface area contributed by atoms with Crippen molar-refractivity contribution in [3.05, 3.63) is 0 Å². The van der Waals surface area contributed by atoms with Gasteiger partial charge >= 0.3 is 0 Å². The Kier molecular flexibility index (Phi) is 3.24. The molecule has 0 aromatic heterocycles. The van der Waals surface area contributed by atoms with Crippen LogP contribution in [0, 0.1) is 34.5 Å². The molecule has 0 amide bonds. The summed E-state index contributed by atoms with van der Waals surface area (Å²) in [6.45, 7) is 5.35. The Morgan fingerprint density at radius 2 is 1.55 bits per heavy atom. The lowest BCUT2D eigenvalue weighted by molar-refractivity contribution is -0.0401. The van der Waals surface area contributed by atoms with Gasteiger partial charge in [0.15, 0.2) is 0 Å². The van der Waals surface area contributed by atoms with Crippen LogP contribution in [-0.2, 0) is 0 Å². The van der Waals surface area contributed by atoms with Crippen molar-refractivity contribution >= 4 is 0 Å². The average Bonchev–Trinajstić information content (AvgIpc) is 2.71. The molecule has 0 heteroatoms. The summed E-state index contributed by atoms with van der Waals surface area (Å²) >= 11 is 0. The van der Waals surface area contributed by atoms with E-state index in [9.17, 15) is 0 Å². The van der Waals surface area contributed by atoms with Gasteiger partial charge < -0.3 is 0 Å². The van der Waals surface area contributed by atoms with Crippen LogP contribution in [0.4, 0.5) is 0 Å². The third-order valence-corrected chi connectivity index (χ3v) is 8.65. The summed E-state index contributed by atoms with van der Waals surface area (Å²) in [5, 5.41) is 0. The Balaban J connectivity index is 1.61. The van der Waals surface area contributed by atoms with Crippen molar-refractivity contribution in [2.45, 2.75) is 90.9 Å². The zero-order valence-electron chi connectivity index (χ0n) is 13.8. The van der Waals surface area contributed by atoms with E-state index in [0.29, 0.717) is 0 Å². The molecule has 0 N–H and O–H groups in total. The summed E-state index contributed by atoms with van der Waals surface area (Å²) in [6.07, 6.45) is 18.7. The van der Waals surface area contributed by atoms with Crippen LogP contribution in [0.5, 0.6) is 0 Å². The molecule has 0 nitrogen and oxygen atoms in total. The van der Waals surface area contributed by atoms with Crippen LogP contribution < -0.4 is 0 Å². The topological polar surface area (TPSA) is 0 Å². The molecule has 0 spiro atoms. The van der Waals surface area contributed by atoms with Gasteiger partial charge in [-0.1, -0.05) is 33.1 Å². The standard InChI is InChI=1S/C20H34/c1-19-11-5-7-17(19)14-15-8-9-16-6-3-4-12-20(16,2)18(15)10-13-19/h15-18H,3-14H2,1-2H3/t15-,16+,17-,18-,19-,20-/m0/s1. The lowest BCUT2D eigenvalue weighted by Crippen LogP contribution is -2.45. The van der Waals surface area contributed by atoms with Crippen LogP contribution in [0.25, 0.3) is 0 Å². The molecule has 4 saturated carbocycles. The van der Waals surface area contributed by atoms with Gasteiger partial charge in [0, 0.05) is 0 Å². The number of hydrogen-bond donors (Lipinski definition) is 0. The molecule has 0 aromatic carbocycles. The van der Waals surface area contributed by atoms with E-state index in [1.807, 2.05) is 0 Å². The highest BCUT2D eigenvalue weighted by Crippen LogP contribution is 2.62. The second kappa shape index (κ2) is 4.75. The first-order valence-electron chi connectivity index (χ1n) is 9.62. The van der Waals surface area contributed by atoms with E-state index in [0.717, 1.165) is 34.5 Å². The zero-order chi connectivity index (χ0) is 13.8. The molecule has 20 heavy (non-hydrogen) atoms. The van der Waals surface area contributed by atoms with E-state index in [2.05, 4.69) is 13.8 Å². The van der Waals surface area contributed by atoms with Crippen molar-refractivity contribution < 1.29 is 0 Å². The van der Waals surface area contributed by atoms with E-state index >= 15 is 0 Å². The first-order valence-corrected chi connectivity index (χ1v) is 9.62. The predicted molar refractivity (Wildman–Crippen MR) is 85.6 cm³/mol. The fourth-order valence-corrected chi connectivity index (χ4v) is 7.28. The van der Waals surface area contributed by atoms with Gasteiger partial charge in [0.05, 0.1) is 0 Å². The van der Waals surface area contributed by atoms with Crippen LogP contribution in [0.3, 0.4) is 0 Å². The van der Waals surface area contributed by atoms with Crippen LogP contribution in [0.2, 0.25) is 0 Å². The van der Waals surface area contributed by atoms with Crippen molar-refractivity contribution in [2.24, 2.45) is 34.5 Å². The average molecular weight is 274 g/mol. The monoisotopic (exact) mass is 274 g/mol. The molecule has 0 heterocycles. The van der Waals surface area contributed by atoms with Gasteiger partial charge in [-0.2, -0.15) is 0 Å². The maximum Gasteiger partial charge on any atom is -0.0267 e. The highest BCUT2D eigenvalue weighted by Gasteiger charge is 2.52. The van der Waals surface area contributed by atoms with Gasteiger partial charge in [-0.15, -0.1) is 0 Å². The smallest absolute Gasteiger partial charge is 0.0267 e. The van der Waals surface area contributed by atoms with Gasteiger partial charge in [-0.25, -0.2) is 0 Å². The molecule has 4 fully saturated rings. The summed E-state index contributed by atoms with van der Waals surface area (Å²) in [4.78, 5) is 0. The van der Waals surface area contributed by atoms with Crippen LogP contribution in [0.15, 0.2) is 0 Å². The Morgan fingerprint density at radius 3 is 2.45 bits per heavy atom. The first kappa shape index (κ1) is 13.6. The van der Waals surface area contributed by atoms with Crippen LogP contribution >= 0.6 is 0 Å². The normalized spacial score (nSPS) is 55.5. The van der Waals surface area contributed by atoms with E-state index in [-0.39, 0.29) is 0 Å². The number of rotatable bonds is 0. The molecule has 0 aromatic rings. The quantitative estimate of drug-likeness (QED) is 0.493. The van der Waals surface area contributed by atoms with E-state index < -0.39 is 0 Å². The summed E-state index contributed by atoms with van der Waals surface area (Å²) in [5.41, 5.74) is 1.47. The lowest BCUT2D eigenvalue weighted by atomic mass is 9.51. The molecule has 4 rings (SSSR count). The van der Waals surface area contributed by atoms with Gasteiger partial charge in [0.2, 0.25) is 0 Å². The minimum absolute atomic E-state index is 0.732. The third-order valence-electron chi connectivity index (χ3n) is 8.65. The lowest BCUT2D eigenvalue weighted by Gasteiger charge is -2.54. The molecule has 0 saturated heterocycles. The number of hydrogen-bond acceptors (Lipinski definition) is 0. The first-order chi connectivity index (χ1) is 9.62. The van der Waals surface area contributed by atoms with E-state index in [1.54, 1.807) is 51.4 Å². The Morgan fingerprint density at radius 1 is 0.700 bits per heavy atom. The molecule has 6 atom stereocenters. The van der Waals surface area contributed by atoms with E-state index in [1.165, 1.54) is 25.7 Å². The molecule has 0 radical (unpaired) electrons. The zero-order valence-corrected chi connectivity index (χ0v) is 13.8. The fourth-order valence-electron chi connectivity index (χ4n) is 7.28. The summed E-state index contributed by atoms with van der Waals surface area (Å²) in [5.74, 6) is 4.35. The van der Waals surface area contributed by atoms with Gasteiger partial charge in [0.25, 0.3) is 0 Å². The Labute approximate surface area is 126 Å². The SMILES string of the molecule is C[C@@]12CCC[C@H]1C[C@@H]1CC[C@H]3CCCC[C@]3(C)[C@H]1CC2. The maximum absolute atomic E-state index is 2.71. The van der Waals surface area contributed by atoms with Crippen LogP contribution in [0.1, 0.15) is 90.9 Å². The van der Waals surface area contributed by atoms with Crippen molar-refractivity contribution in [2.75, 3.05) is 0 Å². The molecular weight excluding hydrogens is 240 g/mol. The minimum Gasteiger partial charge on any atom is -0.0594 e. The largest absolute Gasteiger partial charge is 0.0594 e. The second-order valence-electron chi connectivity index (χ2n) is 9.41. The van der Waals surface area contributed by atoms with E-state index in [4.69, 9.17) is 0 Å². The summed E-state index contributed by atoms with van der Waals surface area (Å²) < 4.78 is 0. The molecular formula is C20H34. The summed E-state index contributed by atoms with van der Waals surface area (Å²) in [7, 11) is 0. The highest BCUT2D eigenvalue weighted by molar-refractivity contribution is 5.02. The molecule has 4 aliphatic rings. The highest BCUT2D eigenvalue weighted by atomic mass is 14.6. The molecule has 0 unspecified atom stereocenters. The summed E-state index contributed by atoms with van der Waals surface area (Å²) in [6, 6.07) is 0. The second-order valence-corrected chi connectivity index (χ2v) is 9.41. The van der Waals surface area contributed by atoms with Crippen molar-refractivity contribution in [3.8, 4) is 0 Å². The van der Waals surface area contributed by atoms with Gasteiger partial charge in [-0.05, 0) is 92.3 Å². The minimum atomic E-state index is 0.732. The molecule has 4 aliphatic carbocycles. The Hall–Kier alpha value is 0. The fraction of sp³-hybridized carbons (Fsp3) is 1.00. The van der Waals surface area contributed by atoms with Crippen LogP contribution in [-0.4, -0.2) is 0 Å². The predicted octanol–water partition coefficient (Wildman–Crippen LogP) is 6.20. The molecule has 0 bridgehead atoms. The maximum atomic E-state index is 2.71. The van der Waals surface area contributed by atoms with Crippen molar-refractivity contribution in [1.29, 1.82) is 0 Å². The van der Waals surface area contributed by atoms with Gasteiger partial charge in [0.1, 0.15) is 0 Å².